The van der Waals surface area contributed by atoms with Gasteiger partial charge in [-0.15, -0.1) is 10.2 Å². The number of anilines is 1. The van der Waals surface area contributed by atoms with Gasteiger partial charge in [0.15, 0.2) is 5.65 Å². The summed E-state index contributed by atoms with van der Waals surface area (Å²) in [4.78, 5) is 16.3. The standard InChI is InChI=1S/C18H13ClN6OS/c19-13-5-1-2-6-15(13)21-17(26)11-27-18-23-22-16-8-7-14(24-25(16)18)12-4-3-9-20-10-12/h1-10H,11H2,(H,21,26). The van der Waals surface area contributed by atoms with E-state index in [0.29, 0.717) is 21.5 Å². The Hall–Kier alpha value is -2.97. The number of para-hydroxylation sites is 1. The van der Waals surface area contributed by atoms with Crippen LogP contribution in [0.3, 0.4) is 0 Å². The molecule has 0 fully saturated rings. The van der Waals surface area contributed by atoms with Crippen molar-refractivity contribution >= 4 is 40.6 Å². The molecule has 0 atom stereocenters. The summed E-state index contributed by atoms with van der Waals surface area (Å²) in [7, 11) is 0. The molecule has 0 spiro atoms. The average molecular weight is 397 g/mol. The summed E-state index contributed by atoms with van der Waals surface area (Å²) in [6, 6.07) is 14.6. The van der Waals surface area contributed by atoms with Crippen LogP contribution < -0.4 is 5.32 Å². The van der Waals surface area contributed by atoms with E-state index in [1.165, 1.54) is 11.8 Å². The van der Waals surface area contributed by atoms with Gasteiger partial charge in [-0.05, 0) is 36.4 Å². The van der Waals surface area contributed by atoms with Crippen molar-refractivity contribution in [2.75, 3.05) is 11.1 Å². The predicted molar refractivity (Wildman–Crippen MR) is 105 cm³/mol. The zero-order valence-corrected chi connectivity index (χ0v) is 15.5. The van der Waals surface area contributed by atoms with Crippen molar-refractivity contribution in [3.05, 3.63) is 65.9 Å². The van der Waals surface area contributed by atoms with Crippen LogP contribution in [-0.4, -0.2) is 36.5 Å². The van der Waals surface area contributed by atoms with Crippen molar-refractivity contribution < 1.29 is 4.79 Å². The van der Waals surface area contributed by atoms with E-state index < -0.39 is 0 Å². The molecule has 3 aromatic heterocycles. The number of aromatic nitrogens is 5. The van der Waals surface area contributed by atoms with E-state index in [4.69, 9.17) is 11.6 Å². The molecule has 7 nitrogen and oxygen atoms in total. The maximum atomic E-state index is 12.2. The number of carbonyl (C=O) groups excluding carboxylic acids is 1. The Morgan fingerprint density at radius 3 is 2.81 bits per heavy atom. The molecule has 0 aliphatic rings. The Bertz CT molecular complexity index is 1100. The molecule has 3 heterocycles. The van der Waals surface area contributed by atoms with E-state index in [1.54, 1.807) is 35.1 Å². The van der Waals surface area contributed by atoms with Crippen molar-refractivity contribution in [2.45, 2.75) is 5.16 Å². The van der Waals surface area contributed by atoms with E-state index in [1.807, 2.05) is 30.3 Å². The summed E-state index contributed by atoms with van der Waals surface area (Å²) >= 11 is 7.31. The summed E-state index contributed by atoms with van der Waals surface area (Å²) in [5.74, 6) is -0.0292. The molecular formula is C18H13ClN6OS. The third-order valence-corrected chi connectivity index (χ3v) is 4.92. The van der Waals surface area contributed by atoms with Crippen LogP contribution in [0.25, 0.3) is 16.9 Å². The molecule has 0 radical (unpaired) electrons. The molecule has 134 valence electrons. The minimum Gasteiger partial charge on any atom is -0.324 e. The largest absolute Gasteiger partial charge is 0.324 e. The highest BCUT2D eigenvalue weighted by atomic mass is 35.5. The molecule has 0 unspecified atom stereocenters. The van der Waals surface area contributed by atoms with Gasteiger partial charge in [0, 0.05) is 18.0 Å². The first-order valence-electron chi connectivity index (χ1n) is 8.01. The van der Waals surface area contributed by atoms with Gasteiger partial charge in [0.1, 0.15) is 0 Å². The fraction of sp³-hybridized carbons (Fsp3) is 0.0556. The number of nitrogens with one attached hydrogen (secondary N) is 1. The fourth-order valence-corrected chi connectivity index (χ4v) is 3.28. The van der Waals surface area contributed by atoms with Crippen LogP contribution in [0.4, 0.5) is 5.69 Å². The third-order valence-electron chi connectivity index (χ3n) is 3.67. The number of carbonyl (C=O) groups is 1. The highest BCUT2D eigenvalue weighted by Crippen LogP contribution is 2.22. The Morgan fingerprint density at radius 2 is 2.00 bits per heavy atom. The lowest BCUT2D eigenvalue weighted by Gasteiger charge is -2.06. The molecule has 4 aromatic rings. The van der Waals surface area contributed by atoms with Gasteiger partial charge in [0.2, 0.25) is 11.1 Å². The van der Waals surface area contributed by atoms with E-state index in [9.17, 15) is 4.79 Å². The number of pyridine rings is 1. The minimum atomic E-state index is -0.187. The van der Waals surface area contributed by atoms with Gasteiger partial charge in [-0.2, -0.15) is 9.61 Å². The molecule has 27 heavy (non-hydrogen) atoms. The number of hydrogen-bond acceptors (Lipinski definition) is 6. The zero-order chi connectivity index (χ0) is 18.6. The highest BCUT2D eigenvalue weighted by Gasteiger charge is 2.12. The van der Waals surface area contributed by atoms with Crippen LogP contribution in [-0.2, 0) is 4.79 Å². The second kappa shape index (κ2) is 7.73. The van der Waals surface area contributed by atoms with Crippen molar-refractivity contribution in [2.24, 2.45) is 0 Å². The van der Waals surface area contributed by atoms with Gasteiger partial charge < -0.3 is 5.32 Å². The normalized spacial score (nSPS) is 10.9. The molecular weight excluding hydrogens is 384 g/mol. The smallest absolute Gasteiger partial charge is 0.234 e. The minimum absolute atomic E-state index is 0.158. The monoisotopic (exact) mass is 396 g/mol. The van der Waals surface area contributed by atoms with Crippen LogP contribution in [0.15, 0.2) is 66.1 Å². The number of halogens is 1. The Kier molecular flexibility index (Phi) is 4.99. The summed E-state index contributed by atoms with van der Waals surface area (Å²) in [5.41, 5.74) is 2.82. The number of rotatable bonds is 5. The van der Waals surface area contributed by atoms with Gasteiger partial charge >= 0.3 is 0 Å². The molecule has 1 N–H and O–H groups in total. The first-order valence-corrected chi connectivity index (χ1v) is 9.37. The van der Waals surface area contributed by atoms with Crippen LogP contribution in [0.1, 0.15) is 0 Å². The van der Waals surface area contributed by atoms with Gasteiger partial charge in [-0.1, -0.05) is 35.5 Å². The lowest BCUT2D eigenvalue weighted by Crippen LogP contribution is -2.14. The molecule has 9 heteroatoms. The van der Waals surface area contributed by atoms with Crippen LogP contribution in [0, 0.1) is 0 Å². The van der Waals surface area contributed by atoms with Crippen molar-refractivity contribution in [3.8, 4) is 11.3 Å². The van der Waals surface area contributed by atoms with E-state index in [2.05, 4.69) is 25.6 Å². The highest BCUT2D eigenvalue weighted by molar-refractivity contribution is 7.99. The number of hydrogen-bond donors (Lipinski definition) is 1. The Labute approximate surface area is 163 Å². The summed E-state index contributed by atoms with van der Waals surface area (Å²) < 4.78 is 1.62. The summed E-state index contributed by atoms with van der Waals surface area (Å²) in [6.45, 7) is 0. The van der Waals surface area contributed by atoms with Gasteiger partial charge in [-0.25, -0.2) is 0 Å². The quantitative estimate of drug-likeness (QED) is 0.519. The third kappa shape index (κ3) is 3.91. The predicted octanol–water partition coefficient (Wildman–Crippen LogP) is 3.57. The lowest BCUT2D eigenvalue weighted by molar-refractivity contribution is -0.113. The van der Waals surface area contributed by atoms with Crippen LogP contribution in [0.2, 0.25) is 5.02 Å². The number of benzene rings is 1. The number of fused-ring (bicyclic) bond motifs is 1. The molecule has 4 rings (SSSR count). The fourth-order valence-electron chi connectivity index (χ4n) is 2.41. The van der Waals surface area contributed by atoms with E-state index in [-0.39, 0.29) is 11.7 Å². The SMILES string of the molecule is O=C(CSc1nnc2ccc(-c3cccnc3)nn12)Nc1ccccc1Cl. The first kappa shape index (κ1) is 17.4. The molecule has 0 saturated heterocycles. The van der Waals surface area contributed by atoms with Gasteiger partial charge in [0.25, 0.3) is 0 Å². The molecule has 0 bridgehead atoms. The van der Waals surface area contributed by atoms with Gasteiger partial charge in [-0.3, -0.25) is 9.78 Å². The lowest BCUT2D eigenvalue weighted by atomic mass is 10.2. The topological polar surface area (TPSA) is 85.1 Å². The number of nitrogens with zero attached hydrogens (tertiary/aromatic N) is 5. The molecule has 0 aliphatic heterocycles. The average Bonchev–Trinajstić information content (AvgIpc) is 3.11. The van der Waals surface area contributed by atoms with Crippen molar-refractivity contribution in [1.29, 1.82) is 0 Å². The van der Waals surface area contributed by atoms with Crippen molar-refractivity contribution in [1.82, 2.24) is 24.8 Å². The maximum Gasteiger partial charge on any atom is 0.234 e. The molecule has 1 amide bonds. The Morgan fingerprint density at radius 1 is 1.11 bits per heavy atom. The van der Waals surface area contributed by atoms with Gasteiger partial charge in [0.05, 0.1) is 22.2 Å². The van der Waals surface area contributed by atoms with E-state index >= 15 is 0 Å². The zero-order valence-electron chi connectivity index (χ0n) is 13.9. The second-order valence-corrected chi connectivity index (χ2v) is 6.88. The Balaban J connectivity index is 1.50. The second-order valence-electron chi connectivity index (χ2n) is 5.53. The van der Waals surface area contributed by atoms with E-state index in [0.717, 1.165) is 11.3 Å². The number of thioether (sulfide) groups is 1. The van der Waals surface area contributed by atoms with Crippen molar-refractivity contribution in [3.63, 3.8) is 0 Å². The van der Waals surface area contributed by atoms with Crippen LogP contribution >= 0.6 is 23.4 Å². The maximum absolute atomic E-state index is 12.2. The molecule has 0 saturated carbocycles. The first-order chi connectivity index (χ1) is 13.2. The van der Waals surface area contributed by atoms with Crippen LogP contribution in [0.5, 0.6) is 0 Å². The molecule has 1 aromatic carbocycles. The summed E-state index contributed by atoms with van der Waals surface area (Å²) in [6.07, 6.45) is 3.45. The summed E-state index contributed by atoms with van der Waals surface area (Å²) in [5, 5.41) is 16.6. The number of amides is 1. The molecule has 0 aliphatic carbocycles.